The molecule has 0 fully saturated rings. The lowest BCUT2D eigenvalue weighted by molar-refractivity contribution is -0.138. The molecule has 0 radical (unpaired) electrons. The third kappa shape index (κ3) is 11.2. The molecular weight excluding hydrogens is 530 g/mol. The van der Waals surface area contributed by atoms with Crippen molar-refractivity contribution >= 4 is 5.97 Å². The second kappa shape index (κ2) is 18.4. The molecule has 0 bridgehead atoms. The first-order valence-electron chi connectivity index (χ1n) is 15.8. The third-order valence-corrected chi connectivity index (χ3v) is 7.92. The molecule has 43 heavy (non-hydrogen) atoms. The molecule has 1 unspecified atom stereocenters. The summed E-state index contributed by atoms with van der Waals surface area (Å²) < 4.78 is 11.3. The molecule has 0 saturated heterocycles. The van der Waals surface area contributed by atoms with E-state index in [1.165, 1.54) is 78.8 Å². The van der Waals surface area contributed by atoms with Crippen molar-refractivity contribution in [2.45, 2.75) is 70.1 Å². The second-order valence-corrected chi connectivity index (χ2v) is 11.1. The number of aromatic nitrogens is 1. The van der Waals surface area contributed by atoms with E-state index in [0.29, 0.717) is 6.61 Å². The lowest BCUT2D eigenvalue weighted by Gasteiger charge is -2.17. The molecule has 4 rings (SSSR count). The number of carbonyl (C=O) groups excluding carboxylic acids is 1. The molecule has 4 nitrogen and oxygen atoms in total. The first kappa shape index (κ1) is 31.7. The van der Waals surface area contributed by atoms with E-state index >= 15 is 0 Å². The average molecular weight is 576 g/mol. The van der Waals surface area contributed by atoms with E-state index in [4.69, 9.17) is 9.47 Å². The van der Waals surface area contributed by atoms with Gasteiger partial charge in [-0.15, -0.1) is 0 Å². The number of ether oxygens (including phenoxy) is 2. The maximum absolute atomic E-state index is 11.5. The molecule has 0 amide bonds. The Kier molecular flexibility index (Phi) is 13.6. The van der Waals surface area contributed by atoms with Crippen LogP contribution in [0.4, 0.5) is 0 Å². The number of esters is 1. The van der Waals surface area contributed by atoms with E-state index in [1.54, 1.807) is 0 Å². The fourth-order valence-electron chi connectivity index (χ4n) is 5.38. The average Bonchev–Trinajstić information content (AvgIpc) is 3.07. The molecule has 3 aromatic carbocycles. The number of nitrogens with zero attached hydrogens (tertiary/aromatic N) is 1. The number of hydrogen-bond acceptors (Lipinski definition) is 4. The van der Waals surface area contributed by atoms with Gasteiger partial charge in [0.05, 0.1) is 13.2 Å². The van der Waals surface area contributed by atoms with Crippen LogP contribution < -0.4 is 4.74 Å². The van der Waals surface area contributed by atoms with Crippen molar-refractivity contribution in [1.29, 1.82) is 0 Å². The van der Waals surface area contributed by atoms with Crippen molar-refractivity contribution in [2.75, 3.05) is 13.2 Å². The van der Waals surface area contributed by atoms with Gasteiger partial charge in [0.15, 0.2) is 0 Å². The number of rotatable bonds is 19. The first-order chi connectivity index (χ1) is 21.2. The van der Waals surface area contributed by atoms with E-state index < -0.39 is 0 Å². The summed E-state index contributed by atoms with van der Waals surface area (Å²) in [5.41, 5.74) is 6.01. The third-order valence-electron chi connectivity index (χ3n) is 7.92. The smallest absolute Gasteiger partial charge is 0.330 e. The van der Waals surface area contributed by atoms with Gasteiger partial charge in [-0.2, -0.15) is 0 Å². The molecule has 0 N–H and O–H groups in total. The molecule has 1 atom stereocenters. The number of pyridine rings is 1. The Morgan fingerprint density at radius 1 is 0.651 bits per heavy atom. The van der Waals surface area contributed by atoms with Gasteiger partial charge in [0.2, 0.25) is 0 Å². The fraction of sp³-hybridized carbons (Fsp3) is 0.333. The number of benzene rings is 3. The van der Waals surface area contributed by atoms with Gasteiger partial charge in [-0.05, 0) is 64.9 Å². The monoisotopic (exact) mass is 575 g/mol. The van der Waals surface area contributed by atoms with Crippen LogP contribution in [0.2, 0.25) is 0 Å². The summed E-state index contributed by atoms with van der Waals surface area (Å²) in [7, 11) is 0. The molecule has 0 spiro atoms. The summed E-state index contributed by atoms with van der Waals surface area (Å²) >= 11 is 0. The van der Waals surface area contributed by atoms with Gasteiger partial charge < -0.3 is 9.47 Å². The van der Waals surface area contributed by atoms with Crippen LogP contribution in [0.15, 0.2) is 116 Å². The van der Waals surface area contributed by atoms with Crippen molar-refractivity contribution in [1.82, 2.24) is 4.98 Å². The first-order valence-corrected chi connectivity index (χ1v) is 15.8. The summed E-state index contributed by atoms with van der Waals surface area (Å²) in [4.78, 5) is 15.6. The minimum atomic E-state index is -0.346. The molecule has 0 saturated carbocycles. The normalized spacial score (nSPS) is 11.5. The van der Waals surface area contributed by atoms with Crippen molar-refractivity contribution in [2.24, 2.45) is 0 Å². The Morgan fingerprint density at radius 2 is 1.16 bits per heavy atom. The number of unbranched alkanes of at least 4 members (excludes halogenated alkanes) is 8. The molecular formula is C39H45NO3. The van der Waals surface area contributed by atoms with Gasteiger partial charge in [0, 0.05) is 24.4 Å². The van der Waals surface area contributed by atoms with Crippen LogP contribution in [-0.4, -0.2) is 24.2 Å². The Bertz CT molecular complexity index is 1340. The molecule has 1 aromatic heterocycles. The van der Waals surface area contributed by atoms with Crippen molar-refractivity contribution < 1.29 is 14.3 Å². The van der Waals surface area contributed by atoms with Gasteiger partial charge in [-0.25, -0.2) is 4.79 Å². The van der Waals surface area contributed by atoms with Crippen molar-refractivity contribution in [3.8, 4) is 28.0 Å². The highest BCUT2D eigenvalue weighted by Crippen LogP contribution is 2.27. The minimum absolute atomic E-state index is 0.251. The van der Waals surface area contributed by atoms with E-state index in [2.05, 4.69) is 72.2 Å². The maximum Gasteiger partial charge on any atom is 0.330 e. The minimum Gasteiger partial charge on any atom is -0.494 e. The predicted octanol–water partition coefficient (Wildman–Crippen LogP) is 10.2. The zero-order chi connectivity index (χ0) is 30.0. The van der Waals surface area contributed by atoms with Crippen LogP contribution in [-0.2, 0) is 9.53 Å². The highest BCUT2D eigenvalue weighted by atomic mass is 16.5. The lowest BCUT2D eigenvalue weighted by Crippen LogP contribution is -2.11. The van der Waals surface area contributed by atoms with Crippen LogP contribution in [0.3, 0.4) is 0 Å². The van der Waals surface area contributed by atoms with E-state index in [0.717, 1.165) is 31.6 Å². The SMILES string of the molecule is C=CC(=O)OCC(CCCCCCCCCCCOc1ccc(-c2ccc(-c3ccncc3)cc2)cc1)c1ccccc1. The number of carbonyl (C=O) groups is 1. The molecule has 4 heteroatoms. The van der Waals surface area contributed by atoms with Crippen molar-refractivity contribution in [3.63, 3.8) is 0 Å². The maximum atomic E-state index is 11.5. The fourth-order valence-corrected chi connectivity index (χ4v) is 5.38. The Hall–Kier alpha value is -4.18. The molecule has 0 aliphatic carbocycles. The topological polar surface area (TPSA) is 48.4 Å². The van der Waals surface area contributed by atoms with E-state index in [-0.39, 0.29) is 11.9 Å². The van der Waals surface area contributed by atoms with Crippen molar-refractivity contribution in [3.05, 3.63) is 122 Å². The Morgan fingerprint density at radius 3 is 1.74 bits per heavy atom. The van der Waals surface area contributed by atoms with Crippen LogP contribution >= 0.6 is 0 Å². The molecule has 224 valence electrons. The largest absolute Gasteiger partial charge is 0.494 e. The zero-order valence-electron chi connectivity index (χ0n) is 25.3. The van der Waals surface area contributed by atoms with E-state index in [9.17, 15) is 4.79 Å². The summed E-state index contributed by atoms with van der Waals surface area (Å²) in [6, 6.07) is 31.5. The molecule has 4 aromatic rings. The molecule has 0 aliphatic rings. The molecule has 1 heterocycles. The quantitative estimate of drug-likeness (QED) is 0.0634. The highest BCUT2D eigenvalue weighted by molar-refractivity contribution is 5.81. The summed E-state index contributed by atoms with van der Waals surface area (Å²) in [5, 5.41) is 0. The summed E-state index contributed by atoms with van der Waals surface area (Å²) in [6.45, 7) is 4.68. The van der Waals surface area contributed by atoms with Crippen LogP contribution in [0, 0.1) is 0 Å². The summed E-state index contributed by atoms with van der Waals surface area (Å²) in [5.74, 6) is 0.841. The van der Waals surface area contributed by atoms with Gasteiger partial charge in [-0.1, -0.05) is 125 Å². The Labute approximate surface area is 257 Å². The standard InChI is InChI=1S/C39H45NO3/c1-2-39(41)43-31-37(32-15-12-10-13-16-32)17-11-8-6-4-3-5-7-9-14-30-42-38-24-22-35(23-25-38)33-18-20-34(21-19-33)36-26-28-40-29-27-36/h2,10,12-13,15-16,18-29,37H,1,3-9,11,14,17,30-31H2. The highest BCUT2D eigenvalue weighted by Gasteiger charge is 2.13. The second-order valence-electron chi connectivity index (χ2n) is 11.1. The Balaban J connectivity index is 1.02. The van der Waals surface area contributed by atoms with Gasteiger partial charge >= 0.3 is 5.97 Å². The van der Waals surface area contributed by atoms with Crippen LogP contribution in [0.5, 0.6) is 5.75 Å². The molecule has 0 aliphatic heterocycles. The van der Waals surface area contributed by atoms with Crippen LogP contribution in [0.1, 0.15) is 75.7 Å². The van der Waals surface area contributed by atoms with E-state index in [1.807, 2.05) is 42.7 Å². The van der Waals surface area contributed by atoms with Crippen LogP contribution in [0.25, 0.3) is 22.3 Å². The van der Waals surface area contributed by atoms with Gasteiger partial charge in [0.25, 0.3) is 0 Å². The zero-order valence-corrected chi connectivity index (χ0v) is 25.3. The predicted molar refractivity (Wildman–Crippen MR) is 177 cm³/mol. The van der Waals surface area contributed by atoms with Gasteiger partial charge in [0.1, 0.15) is 5.75 Å². The lowest BCUT2D eigenvalue weighted by atomic mass is 9.93. The van der Waals surface area contributed by atoms with Gasteiger partial charge in [-0.3, -0.25) is 4.98 Å². The number of hydrogen-bond donors (Lipinski definition) is 0. The summed E-state index contributed by atoms with van der Waals surface area (Å²) in [6.07, 6.45) is 17.0.